The summed E-state index contributed by atoms with van der Waals surface area (Å²) in [5.74, 6) is -2.09. The van der Waals surface area contributed by atoms with Gasteiger partial charge in [-0.3, -0.25) is 0 Å². The van der Waals surface area contributed by atoms with E-state index in [1.807, 2.05) is 0 Å². The van der Waals surface area contributed by atoms with Crippen molar-refractivity contribution in [3.05, 3.63) is 0 Å². The molecule has 0 fully saturated rings. The second-order valence-electron chi connectivity index (χ2n) is 1.70. The number of hydrogen-bond acceptors (Lipinski definition) is 1. The molecule has 0 rings (SSSR count). The highest BCUT2D eigenvalue weighted by Crippen LogP contribution is 2.20. The Morgan fingerprint density at radius 2 is 1.50 bits per heavy atom. The molecule has 0 spiro atoms. The van der Waals surface area contributed by atoms with Gasteiger partial charge in [0.2, 0.25) is 12.9 Å². The van der Waals surface area contributed by atoms with Gasteiger partial charge in [-0.05, 0) is 0 Å². The molecule has 0 radical (unpaired) electrons. The highest BCUT2D eigenvalue weighted by molar-refractivity contribution is 4.78. The van der Waals surface area contributed by atoms with Crippen LogP contribution >= 0.6 is 0 Å². The van der Waals surface area contributed by atoms with Gasteiger partial charge in [0.15, 0.2) is 0 Å². The molecular weight excluding hydrogens is 150 g/mol. The van der Waals surface area contributed by atoms with Crippen molar-refractivity contribution in [2.24, 2.45) is 5.92 Å². The van der Waals surface area contributed by atoms with Crippen LogP contribution in [-0.2, 0) is 0 Å². The zero-order valence-corrected chi connectivity index (χ0v) is 4.90. The first-order valence-corrected chi connectivity index (χ1v) is 2.52. The Labute approximate surface area is 55.3 Å². The number of halogens is 4. The van der Waals surface area contributed by atoms with E-state index >= 15 is 0 Å². The summed E-state index contributed by atoms with van der Waals surface area (Å²) >= 11 is 0. The zero-order chi connectivity index (χ0) is 8.15. The highest BCUT2D eigenvalue weighted by atomic mass is 19.3. The van der Waals surface area contributed by atoms with Gasteiger partial charge < -0.3 is 0 Å². The van der Waals surface area contributed by atoms with E-state index in [2.05, 4.69) is 0 Å². The van der Waals surface area contributed by atoms with Gasteiger partial charge in [-0.25, -0.2) is 17.6 Å². The molecule has 58 valence electrons. The number of alkyl halides is 4. The van der Waals surface area contributed by atoms with Gasteiger partial charge in [0.1, 0.15) is 0 Å². The predicted octanol–water partition coefficient (Wildman–Crippen LogP) is 2.05. The van der Waals surface area contributed by atoms with Crippen LogP contribution in [0.4, 0.5) is 17.6 Å². The first-order chi connectivity index (χ1) is 4.59. The van der Waals surface area contributed by atoms with Crippen molar-refractivity contribution in [3.63, 3.8) is 0 Å². The third-order valence-electron chi connectivity index (χ3n) is 0.974. The van der Waals surface area contributed by atoms with E-state index in [4.69, 9.17) is 5.26 Å². The molecule has 5 heteroatoms. The lowest BCUT2D eigenvalue weighted by molar-refractivity contribution is -0.0239. The molecule has 0 N–H and O–H groups in total. The van der Waals surface area contributed by atoms with Gasteiger partial charge >= 0.3 is 0 Å². The van der Waals surface area contributed by atoms with Crippen molar-refractivity contribution in [1.82, 2.24) is 0 Å². The standard InChI is InChI=1S/C5H5F4N/c6-4(7)3(1-2-10)5(8)9/h3-5H,1H2. The summed E-state index contributed by atoms with van der Waals surface area (Å²) < 4.78 is 46.0. The van der Waals surface area contributed by atoms with Crippen molar-refractivity contribution in [2.75, 3.05) is 0 Å². The third-order valence-corrected chi connectivity index (χ3v) is 0.974. The van der Waals surface area contributed by atoms with Crippen LogP contribution in [0.1, 0.15) is 6.42 Å². The molecule has 1 nitrogen and oxygen atoms in total. The Kier molecular flexibility index (Phi) is 3.77. The van der Waals surface area contributed by atoms with Crippen LogP contribution in [0.15, 0.2) is 0 Å². The van der Waals surface area contributed by atoms with Gasteiger partial charge in [-0.1, -0.05) is 0 Å². The third kappa shape index (κ3) is 2.67. The number of hydrogen-bond donors (Lipinski definition) is 0. The topological polar surface area (TPSA) is 23.8 Å². The molecule has 10 heavy (non-hydrogen) atoms. The van der Waals surface area contributed by atoms with Gasteiger partial charge in [-0.15, -0.1) is 0 Å². The summed E-state index contributed by atoms with van der Waals surface area (Å²) in [6.07, 6.45) is -7.02. The highest BCUT2D eigenvalue weighted by Gasteiger charge is 2.29. The molecule has 0 aliphatic rings. The normalized spacial score (nSPS) is 11.0. The predicted molar refractivity (Wildman–Crippen MR) is 25.7 cm³/mol. The van der Waals surface area contributed by atoms with Crippen molar-refractivity contribution < 1.29 is 17.6 Å². The molecule has 0 bridgehead atoms. The maximum Gasteiger partial charge on any atom is 0.247 e. The van der Waals surface area contributed by atoms with Crippen molar-refractivity contribution in [2.45, 2.75) is 19.3 Å². The van der Waals surface area contributed by atoms with Crippen molar-refractivity contribution in [1.29, 1.82) is 5.26 Å². The van der Waals surface area contributed by atoms with Crippen LogP contribution < -0.4 is 0 Å². The van der Waals surface area contributed by atoms with Crippen LogP contribution in [0.3, 0.4) is 0 Å². The smallest absolute Gasteiger partial charge is 0.210 e. The molecular formula is C5H5F4N. The Balaban J connectivity index is 3.88. The lowest BCUT2D eigenvalue weighted by atomic mass is 10.1. The maximum atomic E-state index is 11.5. The van der Waals surface area contributed by atoms with Gasteiger partial charge in [0.25, 0.3) is 0 Å². The summed E-state index contributed by atoms with van der Waals surface area (Å²) in [6.45, 7) is 0. The summed E-state index contributed by atoms with van der Waals surface area (Å²) in [6, 6.07) is 1.27. The fourth-order valence-corrected chi connectivity index (χ4v) is 0.394. The summed E-state index contributed by atoms with van der Waals surface area (Å²) in [5.41, 5.74) is 0. The van der Waals surface area contributed by atoms with Crippen molar-refractivity contribution in [3.8, 4) is 6.07 Å². The Morgan fingerprint density at radius 3 is 1.60 bits per heavy atom. The Bertz CT molecular complexity index is 120. The Hall–Kier alpha value is -0.790. The number of rotatable bonds is 3. The van der Waals surface area contributed by atoms with Crippen LogP contribution in [0.25, 0.3) is 0 Å². The maximum absolute atomic E-state index is 11.5. The minimum atomic E-state index is -3.11. The van der Waals surface area contributed by atoms with Gasteiger partial charge in [-0.2, -0.15) is 5.26 Å². The molecule has 0 aromatic rings. The molecule has 0 unspecified atom stereocenters. The number of nitriles is 1. The Morgan fingerprint density at radius 1 is 1.10 bits per heavy atom. The molecule has 0 saturated heterocycles. The monoisotopic (exact) mass is 155 g/mol. The average molecular weight is 155 g/mol. The van der Waals surface area contributed by atoms with E-state index in [1.165, 1.54) is 6.07 Å². The fraction of sp³-hybridized carbons (Fsp3) is 0.800. The molecule has 0 aromatic carbocycles. The fourth-order valence-electron chi connectivity index (χ4n) is 0.394. The van der Waals surface area contributed by atoms with Gasteiger partial charge in [0.05, 0.1) is 12.0 Å². The summed E-state index contributed by atoms with van der Waals surface area (Å²) in [5, 5.41) is 7.82. The largest absolute Gasteiger partial charge is 0.247 e. The summed E-state index contributed by atoms with van der Waals surface area (Å²) in [4.78, 5) is 0. The lowest BCUT2D eigenvalue weighted by Gasteiger charge is -2.09. The first-order valence-electron chi connectivity index (χ1n) is 2.52. The molecule has 0 heterocycles. The molecule has 0 atom stereocenters. The number of nitrogens with zero attached hydrogens (tertiary/aromatic N) is 1. The van der Waals surface area contributed by atoms with Crippen LogP contribution in [0.2, 0.25) is 0 Å². The van der Waals surface area contributed by atoms with Gasteiger partial charge in [0, 0.05) is 6.42 Å². The van der Waals surface area contributed by atoms with E-state index in [0.29, 0.717) is 0 Å². The minimum absolute atomic E-state index is 0.796. The van der Waals surface area contributed by atoms with Crippen molar-refractivity contribution >= 4 is 0 Å². The van der Waals surface area contributed by atoms with Crippen LogP contribution in [-0.4, -0.2) is 12.9 Å². The second-order valence-corrected chi connectivity index (χ2v) is 1.70. The second kappa shape index (κ2) is 4.09. The molecule has 0 aliphatic heterocycles. The summed E-state index contributed by atoms with van der Waals surface area (Å²) in [7, 11) is 0. The minimum Gasteiger partial charge on any atom is -0.210 e. The van der Waals surface area contributed by atoms with E-state index in [-0.39, 0.29) is 0 Å². The molecule has 0 saturated carbocycles. The van der Waals surface area contributed by atoms with E-state index in [0.717, 1.165) is 0 Å². The lowest BCUT2D eigenvalue weighted by Crippen LogP contribution is -2.19. The van der Waals surface area contributed by atoms with E-state index in [9.17, 15) is 17.6 Å². The first kappa shape index (κ1) is 9.21. The zero-order valence-electron chi connectivity index (χ0n) is 4.90. The molecule has 0 aromatic heterocycles. The van der Waals surface area contributed by atoms with E-state index in [1.54, 1.807) is 0 Å². The average Bonchev–Trinajstić information content (AvgIpc) is 1.81. The quantitative estimate of drug-likeness (QED) is 0.572. The molecule has 0 aliphatic carbocycles. The SMILES string of the molecule is N#CCC(C(F)F)C(F)F. The van der Waals surface area contributed by atoms with E-state index < -0.39 is 25.2 Å². The van der Waals surface area contributed by atoms with Crippen LogP contribution in [0, 0.1) is 17.2 Å². The van der Waals surface area contributed by atoms with Crippen LogP contribution in [0.5, 0.6) is 0 Å². The molecule has 0 amide bonds.